The number of carbonyl (C=O) groups excluding carboxylic acids is 1. The van der Waals surface area contributed by atoms with Gasteiger partial charge in [-0.1, -0.05) is 12.1 Å². The molecule has 1 aromatic carbocycles. The summed E-state index contributed by atoms with van der Waals surface area (Å²) in [6.07, 6.45) is 1.92. The predicted octanol–water partition coefficient (Wildman–Crippen LogP) is 2.48. The molecule has 0 spiro atoms. The quantitative estimate of drug-likeness (QED) is 0.887. The number of anilines is 1. The number of amides is 1. The Morgan fingerprint density at radius 3 is 2.67 bits per heavy atom. The van der Waals surface area contributed by atoms with Gasteiger partial charge in [0.2, 0.25) is 0 Å². The van der Waals surface area contributed by atoms with E-state index in [0.717, 1.165) is 16.9 Å². The lowest BCUT2D eigenvalue weighted by atomic mass is 10.1. The van der Waals surface area contributed by atoms with Gasteiger partial charge in [-0.05, 0) is 32.9 Å². The van der Waals surface area contributed by atoms with Gasteiger partial charge in [0.1, 0.15) is 0 Å². The lowest BCUT2D eigenvalue weighted by molar-refractivity contribution is 0.0951. The van der Waals surface area contributed by atoms with Crippen LogP contribution in [0.15, 0.2) is 30.5 Å². The molecule has 2 N–H and O–H groups in total. The fourth-order valence-electron chi connectivity index (χ4n) is 2.21. The Morgan fingerprint density at radius 1 is 1.33 bits per heavy atom. The summed E-state index contributed by atoms with van der Waals surface area (Å²) in [7, 11) is 1.88. The summed E-state index contributed by atoms with van der Waals surface area (Å²) in [6.45, 7) is 6.52. The normalized spacial score (nSPS) is 10.7. The van der Waals surface area contributed by atoms with E-state index >= 15 is 0 Å². The largest absolute Gasteiger partial charge is 0.382 e. The van der Waals surface area contributed by atoms with Crippen LogP contribution in [0.25, 0.3) is 0 Å². The number of nitrogens with zero attached hydrogens (tertiary/aromatic N) is 2. The van der Waals surface area contributed by atoms with E-state index in [0.29, 0.717) is 12.1 Å². The smallest absolute Gasteiger partial charge is 0.253 e. The van der Waals surface area contributed by atoms with Crippen molar-refractivity contribution in [2.75, 3.05) is 5.32 Å². The summed E-state index contributed by atoms with van der Waals surface area (Å²) in [5.41, 5.74) is 3.48. The Morgan fingerprint density at radius 2 is 2.05 bits per heavy atom. The zero-order valence-corrected chi connectivity index (χ0v) is 13.0. The molecule has 0 fully saturated rings. The van der Waals surface area contributed by atoms with E-state index in [1.807, 2.05) is 58.3 Å². The van der Waals surface area contributed by atoms with Crippen LogP contribution in [-0.4, -0.2) is 21.7 Å². The first-order chi connectivity index (χ1) is 9.97. The van der Waals surface area contributed by atoms with Crippen LogP contribution in [-0.2, 0) is 13.6 Å². The minimum Gasteiger partial charge on any atom is -0.382 e. The molecule has 0 atom stereocenters. The molecule has 1 heterocycles. The van der Waals surface area contributed by atoms with E-state index in [2.05, 4.69) is 15.7 Å². The third-order valence-electron chi connectivity index (χ3n) is 3.17. The monoisotopic (exact) mass is 286 g/mol. The lowest BCUT2D eigenvalue weighted by Gasteiger charge is -2.14. The topological polar surface area (TPSA) is 59.0 Å². The average molecular weight is 286 g/mol. The van der Waals surface area contributed by atoms with E-state index in [9.17, 15) is 4.79 Å². The van der Waals surface area contributed by atoms with Gasteiger partial charge in [-0.3, -0.25) is 9.48 Å². The molecule has 2 rings (SSSR count). The van der Waals surface area contributed by atoms with Gasteiger partial charge >= 0.3 is 0 Å². The van der Waals surface area contributed by atoms with E-state index in [-0.39, 0.29) is 11.9 Å². The maximum absolute atomic E-state index is 12.4. The summed E-state index contributed by atoms with van der Waals surface area (Å²) < 4.78 is 1.76. The summed E-state index contributed by atoms with van der Waals surface area (Å²) in [5.74, 6) is -0.0815. The van der Waals surface area contributed by atoms with E-state index in [1.54, 1.807) is 4.68 Å². The SMILES string of the molecule is Cc1nn(C)cc1CNC(=O)c1ccccc1NC(C)C. The number of aromatic nitrogens is 2. The third-order valence-corrected chi connectivity index (χ3v) is 3.17. The maximum Gasteiger partial charge on any atom is 0.253 e. The standard InChI is InChI=1S/C16H22N4O/c1-11(2)18-15-8-6-5-7-14(15)16(21)17-9-13-10-20(4)19-12(13)3/h5-8,10-11,18H,9H2,1-4H3,(H,17,21). The van der Waals surface area contributed by atoms with Crippen LogP contribution in [0.1, 0.15) is 35.5 Å². The van der Waals surface area contributed by atoms with Crippen molar-refractivity contribution in [3.63, 3.8) is 0 Å². The van der Waals surface area contributed by atoms with Gasteiger partial charge in [0, 0.05) is 37.1 Å². The molecule has 112 valence electrons. The molecule has 0 bridgehead atoms. The number of hydrogen-bond acceptors (Lipinski definition) is 3. The van der Waals surface area contributed by atoms with Crippen molar-refractivity contribution < 1.29 is 4.79 Å². The molecule has 5 heteroatoms. The van der Waals surface area contributed by atoms with Gasteiger partial charge in [0.15, 0.2) is 0 Å². The van der Waals surface area contributed by atoms with Crippen LogP contribution in [0.2, 0.25) is 0 Å². The fraction of sp³-hybridized carbons (Fsp3) is 0.375. The Bertz CT molecular complexity index is 631. The molecule has 0 saturated heterocycles. The molecule has 0 aliphatic rings. The first-order valence-electron chi connectivity index (χ1n) is 7.10. The highest BCUT2D eigenvalue weighted by molar-refractivity contribution is 5.99. The van der Waals surface area contributed by atoms with Crippen molar-refractivity contribution in [1.82, 2.24) is 15.1 Å². The number of para-hydroxylation sites is 1. The second-order valence-corrected chi connectivity index (χ2v) is 5.44. The number of carbonyl (C=O) groups is 1. The molecular weight excluding hydrogens is 264 g/mol. The van der Waals surface area contributed by atoms with Crippen molar-refractivity contribution in [3.05, 3.63) is 47.3 Å². The molecule has 5 nitrogen and oxygen atoms in total. The Labute approximate surface area is 125 Å². The summed E-state index contributed by atoms with van der Waals surface area (Å²) in [5, 5.41) is 10.5. The van der Waals surface area contributed by atoms with Crippen LogP contribution in [0.5, 0.6) is 0 Å². The first kappa shape index (κ1) is 15.1. The second-order valence-electron chi connectivity index (χ2n) is 5.44. The van der Waals surface area contributed by atoms with Crippen molar-refractivity contribution in [3.8, 4) is 0 Å². The molecule has 0 radical (unpaired) electrons. The van der Waals surface area contributed by atoms with Crippen molar-refractivity contribution in [2.24, 2.45) is 7.05 Å². The van der Waals surface area contributed by atoms with Crippen LogP contribution >= 0.6 is 0 Å². The molecular formula is C16H22N4O. The molecule has 0 aliphatic heterocycles. The molecule has 21 heavy (non-hydrogen) atoms. The third kappa shape index (κ3) is 3.84. The molecule has 0 unspecified atom stereocenters. The molecule has 1 amide bonds. The van der Waals surface area contributed by atoms with Crippen molar-refractivity contribution in [1.29, 1.82) is 0 Å². The lowest BCUT2D eigenvalue weighted by Crippen LogP contribution is -2.25. The zero-order valence-electron chi connectivity index (χ0n) is 13.0. The van der Waals surface area contributed by atoms with Gasteiger partial charge in [-0.15, -0.1) is 0 Å². The van der Waals surface area contributed by atoms with E-state index in [1.165, 1.54) is 0 Å². The van der Waals surface area contributed by atoms with Crippen molar-refractivity contribution >= 4 is 11.6 Å². The van der Waals surface area contributed by atoms with Crippen LogP contribution < -0.4 is 10.6 Å². The zero-order chi connectivity index (χ0) is 15.4. The second kappa shape index (κ2) is 6.43. The van der Waals surface area contributed by atoms with E-state index in [4.69, 9.17) is 0 Å². The van der Waals surface area contributed by atoms with Crippen LogP contribution in [0.4, 0.5) is 5.69 Å². The highest BCUT2D eigenvalue weighted by Gasteiger charge is 2.12. The predicted molar refractivity (Wildman–Crippen MR) is 84.3 cm³/mol. The summed E-state index contributed by atoms with van der Waals surface area (Å²) in [4.78, 5) is 12.4. The average Bonchev–Trinajstić information content (AvgIpc) is 2.74. The molecule has 1 aromatic heterocycles. The minimum absolute atomic E-state index is 0.0815. The van der Waals surface area contributed by atoms with Gasteiger partial charge in [-0.2, -0.15) is 5.10 Å². The maximum atomic E-state index is 12.4. The number of aryl methyl sites for hydroxylation is 2. The van der Waals surface area contributed by atoms with Crippen molar-refractivity contribution in [2.45, 2.75) is 33.4 Å². The number of nitrogens with one attached hydrogen (secondary N) is 2. The number of hydrogen-bond donors (Lipinski definition) is 2. The Kier molecular flexibility index (Phi) is 4.62. The van der Waals surface area contributed by atoms with Crippen LogP contribution in [0.3, 0.4) is 0 Å². The highest BCUT2D eigenvalue weighted by Crippen LogP contribution is 2.16. The van der Waals surface area contributed by atoms with Gasteiger partial charge in [0.05, 0.1) is 11.3 Å². The summed E-state index contributed by atoms with van der Waals surface area (Å²) >= 11 is 0. The Hall–Kier alpha value is -2.30. The van der Waals surface area contributed by atoms with Gasteiger partial charge in [0.25, 0.3) is 5.91 Å². The fourth-order valence-corrected chi connectivity index (χ4v) is 2.21. The van der Waals surface area contributed by atoms with Gasteiger partial charge in [-0.25, -0.2) is 0 Å². The van der Waals surface area contributed by atoms with Crippen LogP contribution in [0, 0.1) is 6.92 Å². The van der Waals surface area contributed by atoms with E-state index < -0.39 is 0 Å². The van der Waals surface area contributed by atoms with Gasteiger partial charge < -0.3 is 10.6 Å². The first-order valence-corrected chi connectivity index (χ1v) is 7.10. The Balaban J connectivity index is 2.08. The summed E-state index contributed by atoms with van der Waals surface area (Å²) in [6, 6.07) is 7.82. The molecule has 0 aliphatic carbocycles. The number of benzene rings is 1. The minimum atomic E-state index is -0.0815. The molecule has 0 saturated carbocycles. The molecule has 2 aromatic rings. The number of rotatable bonds is 5. The highest BCUT2D eigenvalue weighted by atomic mass is 16.1.